The Morgan fingerprint density at radius 2 is 2.44 bits per heavy atom. The molecule has 1 aliphatic rings. The van der Waals surface area contributed by atoms with Gasteiger partial charge in [-0.3, -0.25) is 9.46 Å². The molecular formula is C6H12NOP. The summed E-state index contributed by atoms with van der Waals surface area (Å²) in [4.78, 5) is 10.9. The van der Waals surface area contributed by atoms with Crippen LogP contribution in [0.1, 0.15) is 13.3 Å². The first kappa shape index (κ1) is 7.17. The number of piperidine rings is 1. The second-order valence-electron chi connectivity index (χ2n) is 2.61. The molecule has 2 nitrogen and oxygen atoms in total. The third-order valence-corrected chi connectivity index (χ3v) is 2.17. The van der Waals surface area contributed by atoms with E-state index >= 15 is 0 Å². The summed E-state index contributed by atoms with van der Waals surface area (Å²) >= 11 is 0. The standard InChI is InChI=1S/C6H12NOP/c1-5-4-7(9)3-2-6(5)8/h5H,2-4,9H2,1H3. The average Bonchev–Trinajstić information content (AvgIpc) is 1.80. The fourth-order valence-corrected chi connectivity index (χ4v) is 1.49. The number of rotatable bonds is 0. The highest BCUT2D eigenvalue weighted by Crippen LogP contribution is 2.14. The van der Waals surface area contributed by atoms with Crippen molar-refractivity contribution in [1.82, 2.24) is 4.67 Å². The molecule has 1 rings (SSSR count). The maximum Gasteiger partial charge on any atom is 0.138 e. The van der Waals surface area contributed by atoms with Crippen LogP contribution in [0.2, 0.25) is 0 Å². The summed E-state index contributed by atoms with van der Waals surface area (Å²) in [5.74, 6) is 0.657. The molecule has 52 valence electrons. The third-order valence-electron chi connectivity index (χ3n) is 1.70. The Labute approximate surface area is 57.9 Å². The summed E-state index contributed by atoms with van der Waals surface area (Å²) in [7, 11) is 2.63. The highest BCUT2D eigenvalue weighted by atomic mass is 31.0. The Hall–Kier alpha value is 0.0600. The van der Waals surface area contributed by atoms with Crippen LogP contribution in [0.15, 0.2) is 0 Å². The van der Waals surface area contributed by atoms with Gasteiger partial charge in [0.05, 0.1) is 0 Å². The molecule has 1 heterocycles. The Morgan fingerprint density at radius 3 is 2.89 bits per heavy atom. The highest BCUT2D eigenvalue weighted by Gasteiger charge is 2.20. The lowest BCUT2D eigenvalue weighted by Gasteiger charge is -2.25. The summed E-state index contributed by atoms with van der Waals surface area (Å²) in [6, 6.07) is 0. The number of carbonyl (C=O) groups excluding carboxylic acids is 1. The predicted molar refractivity (Wildman–Crippen MR) is 40.1 cm³/mol. The molecule has 1 aliphatic heterocycles. The van der Waals surface area contributed by atoms with Crippen LogP contribution in [-0.2, 0) is 4.79 Å². The molecule has 2 atom stereocenters. The van der Waals surface area contributed by atoms with Gasteiger partial charge in [-0.25, -0.2) is 0 Å². The molecule has 0 radical (unpaired) electrons. The van der Waals surface area contributed by atoms with E-state index in [1.807, 2.05) is 6.92 Å². The first-order valence-corrected chi connectivity index (χ1v) is 3.74. The number of ketones is 1. The van der Waals surface area contributed by atoms with Gasteiger partial charge < -0.3 is 0 Å². The van der Waals surface area contributed by atoms with Gasteiger partial charge in [0.2, 0.25) is 0 Å². The normalized spacial score (nSPS) is 30.9. The fraction of sp³-hybridized carbons (Fsp3) is 0.833. The lowest BCUT2D eigenvalue weighted by molar-refractivity contribution is -0.124. The molecule has 0 aromatic carbocycles. The average molecular weight is 145 g/mol. The molecule has 1 saturated heterocycles. The van der Waals surface area contributed by atoms with Gasteiger partial charge in [0.15, 0.2) is 0 Å². The van der Waals surface area contributed by atoms with Crippen molar-refractivity contribution in [2.45, 2.75) is 13.3 Å². The molecule has 0 N–H and O–H groups in total. The van der Waals surface area contributed by atoms with E-state index in [2.05, 4.69) is 14.1 Å². The molecule has 0 spiro atoms. The van der Waals surface area contributed by atoms with Crippen molar-refractivity contribution in [3.05, 3.63) is 0 Å². The summed E-state index contributed by atoms with van der Waals surface area (Å²) < 4.78 is 2.12. The van der Waals surface area contributed by atoms with Crippen LogP contribution >= 0.6 is 9.39 Å². The van der Waals surface area contributed by atoms with E-state index in [1.54, 1.807) is 0 Å². The van der Waals surface area contributed by atoms with Crippen LogP contribution in [-0.4, -0.2) is 23.5 Å². The molecular weight excluding hydrogens is 133 g/mol. The van der Waals surface area contributed by atoms with Crippen LogP contribution in [0.3, 0.4) is 0 Å². The summed E-state index contributed by atoms with van der Waals surface area (Å²) in [5.41, 5.74) is 0. The van der Waals surface area contributed by atoms with Crippen LogP contribution in [0.4, 0.5) is 0 Å². The van der Waals surface area contributed by atoms with E-state index in [9.17, 15) is 4.79 Å². The quantitative estimate of drug-likeness (QED) is 0.467. The van der Waals surface area contributed by atoms with Crippen LogP contribution < -0.4 is 0 Å². The molecule has 9 heavy (non-hydrogen) atoms. The van der Waals surface area contributed by atoms with Crippen molar-refractivity contribution in [3.8, 4) is 0 Å². The van der Waals surface area contributed by atoms with E-state index in [0.717, 1.165) is 19.5 Å². The molecule has 3 heteroatoms. The largest absolute Gasteiger partial charge is 0.299 e. The first-order chi connectivity index (χ1) is 4.20. The fourth-order valence-electron chi connectivity index (χ4n) is 1.05. The van der Waals surface area contributed by atoms with E-state index in [0.29, 0.717) is 5.78 Å². The van der Waals surface area contributed by atoms with Crippen molar-refractivity contribution in [2.24, 2.45) is 5.92 Å². The lowest BCUT2D eigenvalue weighted by Crippen LogP contribution is -2.33. The predicted octanol–water partition coefficient (Wildman–Crippen LogP) is 0.687. The van der Waals surface area contributed by atoms with E-state index in [-0.39, 0.29) is 5.92 Å². The summed E-state index contributed by atoms with van der Waals surface area (Å²) in [6.07, 6.45) is 0.727. The Kier molecular flexibility index (Phi) is 2.20. The minimum Gasteiger partial charge on any atom is -0.299 e. The highest BCUT2D eigenvalue weighted by molar-refractivity contribution is 7.13. The number of hydrogen-bond acceptors (Lipinski definition) is 2. The lowest BCUT2D eigenvalue weighted by atomic mass is 10.0. The monoisotopic (exact) mass is 145 g/mol. The van der Waals surface area contributed by atoms with Gasteiger partial charge in [-0.2, -0.15) is 0 Å². The summed E-state index contributed by atoms with van der Waals surface area (Å²) in [6.45, 7) is 3.80. The molecule has 1 fully saturated rings. The molecule has 0 amide bonds. The molecule has 0 aromatic rings. The zero-order valence-corrected chi connectivity index (χ0v) is 6.79. The van der Waals surface area contributed by atoms with E-state index in [1.165, 1.54) is 0 Å². The van der Waals surface area contributed by atoms with Gasteiger partial charge >= 0.3 is 0 Å². The second kappa shape index (κ2) is 2.76. The minimum absolute atomic E-state index is 0.247. The van der Waals surface area contributed by atoms with Gasteiger partial charge in [-0.05, 0) is 0 Å². The molecule has 0 saturated carbocycles. The van der Waals surface area contributed by atoms with Crippen molar-refractivity contribution in [1.29, 1.82) is 0 Å². The van der Waals surface area contributed by atoms with Crippen LogP contribution in [0.5, 0.6) is 0 Å². The maximum absolute atomic E-state index is 10.9. The summed E-state index contributed by atoms with van der Waals surface area (Å²) in [5, 5.41) is 0. The van der Waals surface area contributed by atoms with Gasteiger partial charge in [0.1, 0.15) is 5.78 Å². The molecule has 0 aromatic heterocycles. The van der Waals surface area contributed by atoms with Crippen molar-refractivity contribution < 1.29 is 4.79 Å². The number of Topliss-reactive ketones (excluding diaryl/α,β-unsaturated/α-hetero) is 1. The third kappa shape index (κ3) is 1.74. The zero-order chi connectivity index (χ0) is 6.85. The van der Waals surface area contributed by atoms with Crippen molar-refractivity contribution >= 4 is 15.2 Å². The Bertz CT molecular complexity index is 126. The zero-order valence-electron chi connectivity index (χ0n) is 5.63. The van der Waals surface area contributed by atoms with Gasteiger partial charge in [-0.1, -0.05) is 16.3 Å². The van der Waals surface area contributed by atoms with Gasteiger partial charge in [0.25, 0.3) is 0 Å². The number of carbonyl (C=O) groups is 1. The molecule has 0 bridgehead atoms. The van der Waals surface area contributed by atoms with E-state index < -0.39 is 0 Å². The van der Waals surface area contributed by atoms with Gasteiger partial charge in [-0.15, -0.1) is 0 Å². The van der Waals surface area contributed by atoms with Gasteiger partial charge in [0, 0.05) is 25.4 Å². The van der Waals surface area contributed by atoms with Crippen LogP contribution in [0, 0.1) is 5.92 Å². The molecule has 0 aliphatic carbocycles. The Balaban J connectivity index is 2.44. The topological polar surface area (TPSA) is 20.3 Å². The molecule has 2 unspecified atom stereocenters. The van der Waals surface area contributed by atoms with Crippen LogP contribution in [0.25, 0.3) is 0 Å². The minimum atomic E-state index is 0.247. The second-order valence-corrected chi connectivity index (χ2v) is 3.34. The van der Waals surface area contributed by atoms with Crippen molar-refractivity contribution in [3.63, 3.8) is 0 Å². The van der Waals surface area contributed by atoms with E-state index in [4.69, 9.17) is 0 Å². The maximum atomic E-state index is 10.9. The smallest absolute Gasteiger partial charge is 0.138 e. The SMILES string of the molecule is CC1CN(P)CCC1=O. The number of nitrogens with zero attached hydrogens (tertiary/aromatic N) is 1. The Morgan fingerprint density at radius 1 is 1.78 bits per heavy atom. The van der Waals surface area contributed by atoms with Crippen molar-refractivity contribution in [2.75, 3.05) is 13.1 Å². The number of hydrogen-bond donors (Lipinski definition) is 0. The first-order valence-electron chi connectivity index (χ1n) is 3.22.